The van der Waals surface area contributed by atoms with Crippen molar-refractivity contribution in [1.82, 2.24) is 0 Å². The van der Waals surface area contributed by atoms with Gasteiger partial charge >= 0.3 is 187 Å². The summed E-state index contributed by atoms with van der Waals surface area (Å²) in [6.45, 7) is 41.9. The quantitative estimate of drug-likeness (QED) is 0.114. The second-order valence-electron chi connectivity index (χ2n) is 18.0. The zero-order valence-corrected chi connectivity index (χ0v) is 36.6. The third-order valence-corrected chi connectivity index (χ3v) is 15.4. The van der Waals surface area contributed by atoms with Gasteiger partial charge in [0.2, 0.25) is 0 Å². The molecule has 0 amide bonds. The van der Waals surface area contributed by atoms with Crippen LogP contribution in [0.15, 0.2) is 83.5 Å². The molecule has 1 fully saturated rings. The summed E-state index contributed by atoms with van der Waals surface area (Å²) in [4.78, 5) is 0. The summed E-state index contributed by atoms with van der Waals surface area (Å²) in [5, 5.41) is -0.00223. The molecule has 5 atom stereocenters. The van der Waals surface area contributed by atoms with Gasteiger partial charge in [0.15, 0.2) is 0 Å². The van der Waals surface area contributed by atoms with E-state index in [2.05, 4.69) is 184 Å². The van der Waals surface area contributed by atoms with Crippen molar-refractivity contribution in [3.63, 3.8) is 0 Å². The molecule has 0 radical (unpaired) electrons. The zero-order valence-electron chi connectivity index (χ0n) is 36.6. The predicted octanol–water partition coefficient (Wildman–Crippen LogP) is 13.9. The fourth-order valence-electron chi connectivity index (χ4n) is 10.2. The van der Waals surface area contributed by atoms with Crippen LogP contribution in [0, 0.1) is 16.2 Å². The second kappa shape index (κ2) is 16.5. The standard InChI is InChI=1S/C50H78BN/c1-17-25-26-43(48(14,21-5)46(12,19-3)39-29-27-38(28-30-39)44(9,10)52)45(11)36-42(45)35-37(18-2)50(23-7,24-8)47(13,20-4)40-31-33-41(34-32-40)49(15,22-6)51-16/h18,26-35H,16-17,19-25,36,52H2,1-15H3. The van der Waals surface area contributed by atoms with Crippen molar-refractivity contribution in [1.29, 1.82) is 0 Å². The molecule has 3 rings (SSSR count). The van der Waals surface area contributed by atoms with E-state index in [1.165, 1.54) is 27.8 Å². The Bertz CT molecular complexity index is 1590. The first-order valence-corrected chi connectivity index (χ1v) is 21.0. The van der Waals surface area contributed by atoms with Crippen LogP contribution in [0.2, 0.25) is 0 Å². The molecule has 2 aromatic rings. The monoisotopic (exact) mass is 704 g/mol. The average molecular weight is 704 g/mol. The topological polar surface area (TPSA) is 26.0 Å². The van der Waals surface area contributed by atoms with Crippen LogP contribution in [-0.4, -0.2) is 13.4 Å². The Morgan fingerprint density at radius 3 is 1.58 bits per heavy atom. The van der Waals surface area contributed by atoms with E-state index in [9.17, 15) is 0 Å². The van der Waals surface area contributed by atoms with Gasteiger partial charge in [0.05, 0.1) is 0 Å². The summed E-state index contributed by atoms with van der Waals surface area (Å²) in [6.07, 6.45) is 17.7. The van der Waals surface area contributed by atoms with Crippen LogP contribution in [0.4, 0.5) is 0 Å². The fourth-order valence-corrected chi connectivity index (χ4v) is 10.2. The Hall–Kier alpha value is -2.45. The number of benzene rings is 2. The summed E-state index contributed by atoms with van der Waals surface area (Å²) in [7, 11) is 0. The van der Waals surface area contributed by atoms with E-state index in [1.807, 2.05) is 0 Å². The summed E-state index contributed by atoms with van der Waals surface area (Å²) in [6, 6.07) is 18.9. The summed E-state index contributed by atoms with van der Waals surface area (Å²) in [5.74, 6) is 0. The van der Waals surface area contributed by atoms with Crippen molar-refractivity contribution >= 4 is 13.4 Å². The maximum atomic E-state index is 6.52. The van der Waals surface area contributed by atoms with Crippen molar-refractivity contribution < 1.29 is 0 Å². The molecule has 1 saturated carbocycles. The maximum absolute atomic E-state index is 6.52. The molecule has 0 bridgehead atoms. The molecule has 0 saturated heterocycles. The van der Waals surface area contributed by atoms with Gasteiger partial charge < -0.3 is 5.73 Å². The van der Waals surface area contributed by atoms with E-state index in [-0.39, 0.29) is 37.9 Å². The molecule has 52 heavy (non-hydrogen) atoms. The Balaban J connectivity index is 2.17. The molecule has 1 aliphatic rings. The van der Waals surface area contributed by atoms with Gasteiger partial charge in [-0.2, -0.15) is 0 Å². The van der Waals surface area contributed by atoms with Gasteiger partial charge in [-0.3, -0.25) is 0 Å². The number of hydrogen-bond acceptors (Lipinski definition) is 1. The molecule has 5 unspecified atom stereocenters. The van der Waals surface area contributed by atoms with Crippen LogP contribution >= 0.6 is 0 Å². The van der Waals surface area contributed by atoms with Crippen LogP contribution in [0.3, 0.4) is 0 Å². The number of hydrogen-bond donors (Lipinski definition) is 1. The van der Waals surface area contributed by atoms with Crippen LogP contribution < -0.4 is 5.73 Å². The van der Waals surface area contributed by atoms with Crippen molar-refractivity contribution in [3.8, 4) is 0 Å². The van der Waals surface area contributed by atoms with Crippen molar-refractivity contribution in [2.75, 3.05) is 0 Å². The molecular formula is C50H78BN. The van der Waals surface area contributed by atoms with Crippen LogP contribution in [-0.2, 0) is 21.7 Å². The Morgan fingerprint density at radius 2 is 1.19 bits per heavy atom. The van der Waals surface area contributed by atoms with E-state index in [4.69, 9.17) is 5.73 Å². The first-order valence-electron chi connectivity index (χ1n) is 21.0. The number of allylic oxidation sites excluding steroid dienone is 6. The number of unbranched alkanes of at least 4 members (excludes halogenated alkanes) is 1. The second-order valence-corrected chi connectivity index (χ2v) is 18.0. The van der Waals surface area contributed by atoms with Crippen LogP contribution in [0.25, 0.3) is 0 Å². The third-order valence-electron chi connectivity index (χ3n) is 15.4. The SMILES string of the molecule is C=BC(C)(CC)c1ccc(C(C)(CC)C(CC)(CC)C(C=C2CC2(C)C(=CCCC)C(C)(CC)C(C)(CC)c2ccc(C(C)(C)N)cc2)=CC)cc1. The Morgan fingerprint density at radius 1 is 0.712 bits per heavy atom. The van der Waals surface area contributed by atoms with E-state index in [0.717, 1.165) is 57.8 Å². The molecule has 0 heterocycles. The number of rotatable bonds is 19. The number of nitrogens with two attached hydrogens (primary N) is 1. The molecule has 2 N–H and O–H groups in total. The normalized spacial score (nSPS) is 22.6. The van der Waals surface area contributed by atoms with Gasteiger partial charge in [-0.05, 0) is 49.7 Å². The molecule has 0 aromatic heterocycles. The van der Waals surface area contributed by atoms with Gasteiger partial charge in [0.25, 0.3) is 0 Å². The molecule has 2 aromatic carbocycles. The summed E-state index contributed by atoms with van der Waals surface area (Å²) < 4.78 is 0. The first kappa shape index (κ1) is 44.0. The van der Waals surface area contributed by atoms with Gasteiger partial charge in [0.1, 0.15) is 0 Å². The molecule has 0 aliphatic heterocycles. The van der Waals surface area contributed by atoms with Crippen molar-refractivity contribution in [3.05, 3.63) is 106 Å². The van der Waals surface area contributed by atoms with Gasteiger partial charge in [-0.15, -0.1) is 0 Å². The molecule has 1 aliphatic carbocycles. The Labute approximate surface area is 323 Å². The minimum absolute atomic E-state index is 0.00223. The molecule has 0 spiro atoms. The van der Waals surface area contributed by atoms with E-state index in [0.29, 0.717) is 0 Å². The third kappa shape index (κ3) is 7.46. The van der Waals surface area contributed by atoms with Gasteiger partial charge in [-0.1, -0.05) is 71.4 Å². The van der Waals surface area contributed by atoms with Crippen LogP contribution in [0.5, 0.6) is 0 Å². The Kier molecular flexibility index (Phi) is 14.0. The fraction of sp³-hybridized carbons (Fsp3) is 0.620. The molecule has 1 nitrogen and oxygen atoms in total. The van der Waals surface area contributed by atoms with Gasteiger partial charge in [-0.25, -0.2) is 0 Å². The zero-order chi connectivity index (χ0) is 39.4. The van der Waals surface area contributed by atoms with E-state index < -0.39 is 0 Å². The van der Waals surface area contributed by atoms with Gasteiger partial charge in [0, 0.05) is 11.0 Å². The van der Waals surface area contributed by atoms with Crippen molar-refractivity contribution in [2.24, 2.45) is 22.0 Å². The van der Waals surface area contributed by atoms with Crippen LogP contribution in [0.1, 0.15) is 184 Å². The van der Waals surface area contributed by atoms with E-state index >= 15 is 0 Å². The van der Waals surface area contributed by atoms with E-state index in [1.54, 1.807) is 11.1 Å². The molecular weight excluding hydrogens is 625 g/mol. The average Bonchev–Trinajstić information content (AvgIpc) is 3.82. The van der Waals surface area contributed by atoms with Crippen molar-refractivity contribution in [2.45, 2.75) is 183 Å². The first-order chi connectivity index (χ1) is 24.3. The molecule has 286 valence electrons. The predicted molar refractivity (Wildman–Crippen MR) is 235 cm³/mol. The minimum atomic E-state index is -0.349. The summed E-state index contributed by atoms with van der Waals surface area (Å²) in [5.41, 5.74) is 16.4. The molecule has 2 heteroatoms. The summed E-state index contributed by atoms with van der Waals surface area (Å²) >= 11 is 0.